The van der Waals surface area contributed by atoms with Gasteiger partial charge in [-0.05, 0) is 38.1 Å². The van der Waals surface area contributed by atoms with E-state index in [1.165, 1.54) is 25.9 Å². The lowest BCUT2D eigenvalue weighted by molar-refractivity contribution is 0.0988. The summed E-state index contributed by atoms with van der Waals surface area (Å²) in [6, 6.07) is 7.94. The number of rotatable bonds is 6. The number of hydrogen-bond donors (Lipinski definition) is 0. The van der Waals surface area contributed by atoms with Gasteiger partial charge in [-0.3, -0.25) is 4.79 Å². The molecule has 3 heteroatoms. The van der Waals surface area contributed by atoms with Gasteiger partial charge in [0, 0.05) is 37.8 Å². The molecule has 0 N–H and O–H groups in total. The highest BCUT2D eigenvalue weighted by molar-refractivity contribution is 6.01. The topological polar surface area (TPSA) is 23.6 Å². The van der Waals surface area contributed by atoms with Gasteiger partial charge in [-0.2, -0.15) is 0 Å². The third-order valence-corrected chi connectivity index (χ3v) is 3.89. The first kappa shape index (κ1) is 14.1. The van der Waals surface area contributed by atoms with Crippen LogP contribution in [-0.2, 0) is 0 Å². The van der Waals surface area contributed by atoms with E-state index in [4.69, 9.17) is 0 Å². The van der Waals surface area contributed by atoms with Crippen LogP contribution in [0.3, 0.4) is 0 Å². The quantitative estimate of drug-likeness (QED) is 0.735. The summed E-state index contributed by atoms with van der Waals surface area (Å²) in [6.07, 6.45) is 3.22. The van der Waals surface area contributed by atoms with E-state index in [-0.39, 0.29) is 5.78 Å². The molecule has 0 bridgehead atoms. The van der Waals surface area contributed by atoms with Crippen molar-refractivity contribution in [1.29, 1.82) is 0 Å². The number of Topliss-reactive ketones (excluding diaryl/α,β-unsaturated/α-hetero) is 1. The van der Waals surface area contributed by atoms with E-state index in [0.717, 1.165) is 24.3 Å². The Morgan fingerprint density at radius 1 is 1.26 bits per heavy atom. The van der Waals surface area contributed by atoms with Crippen LogP contribution in [-0.4, -0.2) is 43.9 Å². The average Bonchev–Trinajstić information content (AvgIpc) is 2.97. The Labute approximate surface area is 116 Å². The Hall–Kier alpha value is -1.35. The lowest BCUT2D eigenvalue weighted by Crippen LogP contribution is -2.32. The van der Waals surface area contributed by atoms with Crippen LogP contribution in [0.4, 0.5) is 5.69 Å². The summed E-state index contributed by atoms with van der Waals surface area (Å²) in [5.41, 5.74) is 1.92. The summed E-state index contributed by atoms with van der Waals surface area (Å²) in [4.78, 5) is 16.7. The number of ketones is 1. The Balaban J connectivity index is 2.01. The molecule has 1 aromatic rings. The van der Waals surface area contributed by atoms with Crippen molar-refractivity contribution in [2.45, 2.75) is 26.2 Å². The number of benzene rings is 1. The van der Waals surface area contributed by atoms with Crippen molar-refractivity contribution in [3.8, 4) is 0 Å². The molecule has 0 amide bonds. The van der Waals surface area contributed by atoms with Crippen molar-refractivity contribution in [3.63, 3.8) is 0 Å². The number of likely N-dealkylation sites (N-methyl/N-ethyl adjacent to an activating group) is 1. The molecule has 1 aliphatic rings. The minimum Gasteiger partial charge on any atom is -0.373 e. The van der Waals surface area contributed by atoms with Crippen LogP contribution >= 0.6 is 0 Å². The van der Waals surface area contributed by atoms with Gasteiger partial charge >= 0.3 is 0 Å². The minimum absolute atomic E-state index is 0.226. The maximum absolute atomic E-state index is 12.0. The second-order valence-corrected chi connectivity index (χ2v) is 5.26. The summed E-state index contributed by atoms with van der Waals surface area (Å²) in [7, 11) is 2.08. The van der Waals surface area contributed by atoms with Crippen molar-refractivity contribution in [1.82, 2.24) is 4.90 Å². The highest BCUT2D eigenvalue weighted by atomic mass is 16.1. The molecule has 0 atom stereocenters. The van der Waals surface area contributed by atoms with E-state index < -0.39 is 0 Å². The van der Waals surface area contributed by atoms with Crippen molar-refractivity contribution >= 4 is 11.5 Å². The van der Waals surface area contributed by atoms with Crippen LogP contribution in [0.15, 0.2) is 24.3 Å². The molecule has 3 nitrogen and oxygen atoms in total. The van der Waals surface area contributed by atoms with Gasteiger partial charge < -0.3 is 9.80 Å². The molecule has 0 spiro atoms. The molecule has 0 radical (unpaired) electrons. The van der Waals surface area contributed by atoms with Gasteiger partial charge in [0.15, 0.2) is 5.78 Å². The molecule has 0 unspecified atom stereocenters. The first-order valence-electron chi connectivity index (χ1n) is 7.28. The molecule has 1 heterocycles. The average molecular weight is 260 g/mol. The van der Waals surface area contributed by atoms with Crippen LogP contribution < -0.4 is 4.90 Å². The van der Waals surface area contributed by atoms with Gasteiger partial charge in [0.05, 0.1) is 0 Å². The van der Waals surface area contributed by atoms with Crippen LogP contribution in [0.25, 0.3) is 0 Å². The van der Waals surface area contributed by atoms with Gasteiger partial charge in [0.25, 0.3) is 0 Å². The fraction of sp³-hybridized carbons (Fsp3) is 0.562. The summed E-state index contributed by atoms with van der Waals surface area (Å²) < 4.78 is 0. The standard InChI is InChI=1S/C16H24N2O/c1-3-16(19)14-8-4-5-9-15(14)17(2)12-13-18-10-6-7-11-18/h4-5,8-9H,3,6-7,10-13H2,1-2H3. The summed E-state index contributed by atoms with van der Waals surface area (Å²) in [5, 5.41) is 0. The fourth-order valence-electron chi connectivity index (χ4n) is 2.65. The number of para-hydroxylation sites is 1. The zero-order valence-electron chi connectivity index (χ0n) is 12.1. The smallest absolute Gasteiger partial charge is 0.164 e. The zero-order valence-corrected chi connectivity index (χ0v) is 12.1. The highest BCUT2D eigenvalue weighted by Gasteiger charge is 2.15. The van der Waals surface area contributed by atoms with Crippen molar-refractivity contribution < 1.29 is 4.79 Å². The maximum atomic E-state index is 12.0. The lowest BCUT2D eigenvalue weighted by atomic mass is 10.1. The molecular formula is C16H24N2O. The van der Waals surface area contributed by atoms with E-state index in [9.17, 15) is 4.79 Å². The number of anilines is 1. The Bertz CT molecular complexity index is 425. The maximum Gasteiger partial charge on any atom is 0.164 e. The van der Waals surface area contributed by atoms with Gasteiger partial charge in [0.2, 0.25) is 0 Å². The summed E-state index contributed by atoms with van der Waals surface area (Å²) >= 11 is 0. The Morgan fingerprint density at radius 2 is 1.95 bits per heavy atom. The predicted molar refractivity (Wildman–Crippen MR) is 80.0 cm³/mol. The molecule has 2 rings (SSSR count). The van der Waals surface area contributed by atoms with Crippen molar-refractivity contribution in [2.75, 3.05) is 38.1 Å². The van der Waals surface area contributed by atoms with Crippen molar-refractivity contribution in [3.05, 3.63) is 29.8 Å². The van der Waals surface area contributed by atoms with E-state index >= 15 is 0 Å². The van der Waals surface area contributed by atoms with E-state index in [1.807, 2.05) is 31.2 Å². The number of likely N-dealkylation sites (tertiary alicyclic amines) is 1. The van der Waals surface area contributed by atoms with E-state index in [1.54, 1.807) is 0 Å². The third-order valence-electron chi connectivity index (χ3n) is 3.89. The zero-order chi connectivity index (χ0) is 13.7. The second kappa shape index (κ2) is 6.71. The van der Waals surface area contributed by atoms with Gasteiger partial charge in [-0.25, -0.2) is 0 Å². The fourth-order valence-corrected chi connectivity index (χ4v) is 2.65. The molecule has 0 aromatic heterocycles. The minimum atomic E-state index is 0.226. The van der Waals surface area contributed by atoms with E-state index in [0.29, 0.717) is 6.42 Å². The molecule has 1 aliphatic heterocycles. The van der Waals surface area contributed by atoms with Gasteiger partial charge in [0.1, 0.15) is 0 Å². The monoisotopic (exact) mass is 260 g/mol. The number of nitrogens with zero attached hydrogens (tertiary/aromatic N) is 2. The Morgan fingerprint density at radius 3 is 2.63 bits per heavy atom. The van der Waals surface area contributed by atoms with Crippen LogP contribution in [0, 0.1) is 0 Å². The SMILES string of the molecule is CCC(=O)c1ccccc1N(C)CCN1CCCC1. The molecule has 0 saturated carbocycles. The Kier molecular flexibility index (Phi) is 4.97. The van der Waals surface area contributed by atoms with Crippen molar-refractivity contribution in [2.24, 2.45) is 0 Å². The first-order chi connectivity index (χ1) is 9.22. The molecule has 19 heavy (non-hydrogen) atoms. The van der Waals surface area contributed by atoms with E-state index in [2.05, 4.69) is 16.8 Å². The second-order valence-electron chi connectivity index (χ2n) is 5.26. The van der Waals surface area contributed by atoms with Gasteiger partial charge in [-0.1, -0.05) is 19.1 Å². The molecule has 0 aliphatic carbocycles. The lowest BCUT2D eigenvalue weighted by Gasteiger charge is -2.24. The molecule has 1 aromatic carbocycles. The number of carbonyl (C=O) groups excluding carboxylic acids is 1. The molecule has 1 saturated heterocycles. The first-order valence-corrected chi connectivity index (χ1v) is 7.28. The number of carbonyl (C=O) groups is 1. The largest absolute Gasteiger partial charge is 0.373 e. The normalized spacial score (nSPS) is 15.7. The van der Waals surface area contributed by atoms with Gasteiger partial charge in [-0.15, -0.1) is 0 Å². The highest BCUT2D eigenvalue weighted by Crippen LogP contribution is 2.20. The van der Waals surface area contributed by atoms with Crippen LogP contribution in [0.1, 0.15) is 36.5 Å². The summed E-state index contributed by atoms with van der Waals surface area (Å²) in [5.74, 6) is 0.226. The van der Waals surface area contributed by atoms with Crippen LogP contribution in [0.5, 0.6) is 0 Å². The molecular weight excluding hydrogens is 236 g/mol. The third kappa shape index (κ3) is 3.57. The number of hydrogen-bond acceptors (Lipinski definition) is 3. The predicted octanol–water partition coefficient (Wildman–Crippen LogP) is 2.81. The molecule has 104 valence electrons. The van der Waals surface area contributed by atoms with Crippen LogP contribution in [0.2, 0.25) is 0 Å². The summed E-state index contributed by atoms with van der Waals surface area (Å²) in [6.45, 7) is 6.44. The molecule has 1 fully saturated rings.